The molecular formula is C15H23NO4S. The molecule has 2 rings (SSSR count). The lowest BCUT2D eigenvalue weighted by atomic mass is 10.1. The highest BCUT2D eigenvalue weighted by Gasteiger charge is 2.27. The number of hydrogen-bond donors (Lipinski definition) is 2. The maximum Gasteiger partial charge on any atom is 0.241 e. The third kappa shape index (κ3) is 4.43. The van der Waals surface area contributed by atoms with Crippen molar-refractivity contribution in [3.8, 4) is 5.75 Å². The molecule has 0 spiro atoms. The van der Waals surface area contributed by atoms with Crippen LogP contribution in [0.5, 0.6) is 5.75 Å². The number of nitrogens with one attached hydrogen (secondary N) is 1. The number of rotatable bonds is 8. The molecule has 1 saturated carbocycles. The van der Waals surface area contributed by atoms with Gasteiger partial charge >= 0.3 is 0 Å². The molecule has 1 aromatic rings. The molecule has 0 saturated heterocycles. The molecular weight excluding hydrogens is 290 g/mol. The van der Waals surface area contributed by atoms with Crippen LogP contribution >= 0.6 is 0 Å². The van der Waals surface area contributed by atoms with Gasteiger partial charge in [0, 0.05) is 12.6 Å². The Kier molecular flexibility index (Phi) is 5.24. The van der Waals surface area contributed by atoms with Crippen molar-refractivity contribution in [2.45, 2.75) is 43.5 Å². The van der Waals surface area contributed by atoms with E-state index in [1.165, 1.54) is 26.0 Å². The zero-order chi connectivity index (χ0) is 15.5. The Morgan fingerprint density at radius 1 is 1.43 bits per heavy atom. The predicted molar refractivity (Wildman–Crippen MR) is 80.9 cm³/mol. The van der Waals surface area contributed by atoms with Gasteiger partial charge in [-0.05, 0) is 49.4 Å². The molecule has 1 fully saturated rings. The molecule has 1 atom stereocenters. The quantitative estimate of drug-likeness (QED) is 0.766. The molecule has 1 aromatic carbocycles. The summed E-state index contributed by atoms with van der Waals surface area (Å²) in [7, 11) is -2.04. The van der Waals surface area contributed by atoms with Crippen LogP contribution in [-0.2, 0) is 16.4 Å². The van der Waals surface area contributed by atoms with Crippen LogP contribution in [0, 0.1) is 5.92 Å². The first-order chi connectivity index (χ1) is 9.96. The highest BCUT2D eigenvalue weighted by Crippen LogP contribution is 2.33. The molecule has 2 N–H and O–H groups in total. The van der Waals surface area contributed by atoms with Crippen LogP contribution in [0.2, 0.25) is 0 Å². The molecule has 118 valence electrons. The van der Waals surface area contributed by atoms with E-state index in [1.807, 2.05) is 6.92 Å². The van der Waals surface area contributed by atoms with Crippen molar-refractivity contribution in [2.75, 3.05) is 13.7 Å². The average Bonchev–Trinajstić information content (AvgIpc) is 3.21. The van der Waals surface area contributed by atoms with Gasteiger partial charge in [0.15, 0.2) is 0 Å². The van der Waals surface area contributed by atoms with Gasteiger partial charge < -0.3 is 9.84 Å². The molecule has 5 nitrogen and oxygen atoms in total. The van der Waals surface area contributed by atoms with Crippen molar-refractivity contribution in [2.24, 2.45) is 5.92 Å². The van der Waals surface area contributed by atoms with Crippen molar-refractivity contribution >= 4 is 10.0 Å². The van der Waals surface area contributed by atoms with Gasteiger partial charge in [0.1, 0.15) is 5.75 Å². The number of aliphatic hydroxyl groups excluding tert-OH is 1. The summed E-state index contributed by atoms with van der Waals surface area (Å²) in [6, 6.07) is 4.75. The van der Waals surface area contributed by atoms with E-state index >= 15 is 0 Å². The molecule has 1 aliphatic carbocycles. The fourth-order valence-electron chi connectivity index (χ4n) is 2.49. The van der Waals surface area contributed by atoms with E-state index in [-0.39, 0.29) is 24.0 Å². The highest BCUT2D eigenvalue weighted by molar-refractivity contribution is 7.89. The van der Waals surface area contributed by atoms with Crippen molar-refractivity contribution in [3.05, 3.63) is 23.8 Å². The third-order valence-electron chi connectivity index (χ3n) is 3.68. The van der Waals surface area contributed by atoms with E-state index in [2.05, 4.69) is 4.72 Å². The minimum atomic E-state index is -3.57. The molecule has 0 radical (unpaired) electrons. The normalized spacial score (nSPS) is 16.7. The van der Waals surface area contributed by atoms with Gasteiger partial charge in [-0.3, -0.25) is 0 Å². The van der Waals surface area contributed by atoms with E-state index < -0.39 is 10.0 Å². The standard InChI is InChI=1S/C15H23NO4S/c1-11(9-12-3-4-12)16-21(18,19)15-6-5-14(20-2)10-13(15)7-8-17/h5-6,10-12,16-17H,3-4,7-9H2,1-2H3. The summed E-state index contributed by atoms with van der Waals surface area (Å²) in [6.45, 7) is 1.79. The Labute approximate surface area is 126 Å². The summed E-state index contributed by atoms with van der Waals surface area (Å²) < 4.78 is 32.9. The number of hydrogen-bond acceptors (Lipinski definition) is 4. The van der Waals surface area contributed by atoms with Crippen LogP contribution in [0.3, 0.4) is 0 Å². The minimum absolute atomic E-state index is 0.0772. The van der Waals surface area contributed by atoms with E-state index in [0.717, 1.165) is 6.42 Å². The van der Waals surface area contributed by atoms with Crippen LogP contribution in [0.15, 0.2) is 23.1 Å². The second kappa shape index (κ2) is 6.77. The van der Waals surface area contributed by atoms with Gasteiger partial charge in [-0.2, -0.15) is 0 Å². The molecule has 1 unspecified atom stereocenters. The van der Waals surface area contributed by atoms with Crippen LogP contribution in [0.4, 0.5) is 0 Å². The molecule has 0 heterocycles. The number of benzene rings is 1. The van der Waals surface area contributed by atoms with Crippen LogP contribution < -0.4 is 9.46 Å². The summed E-state index contributed by atoms with van der Waals surface area (Å²) in [4.78, 5) is 0.222. The summed E-state index contributed by atoms with van der Waals surface area (Å²) in [6.07, 6.45) is 3.56. The van der Waals surface area contributed by atoms with E-state index in [0.29, 0.717) is 17.2 Å². The molecule has 21 heavy (non-hydrogen) atoms. The van der Waals surface area contributed by atoms with Crippen molar-refractivity contribution < 1.29 is 18.3 Å². The van der Waals surface area contributed by atoms with Gasteiger partial charge in [-0.15, -0.1) is 0 Å². The largest absolute Gasteiger partial charge is 0.497 e. The smallest absolute Gasteiger partial charge is 0.241 e. The topological polar surface area (TPSA) is 75.6 Å². The maximum atomic E-state index is 12.5. The Bertz CT molecular complexity index is 581. The van der Waals surface area contributed by atoms with Gasteiger partial charge in [-0.25, -0.2) is 13.1 Å². The van der Waals surface area contributed by atoms with Crippen molar-refractivity contribution in [3.63, 3.8) is 0 Å². The van der Waals surface area contributed by atoms with Crippen LogP contribution in [0.25, 0.3) is 0 Å². The second-order valence-electron chi connectivity index (χ2n) is 5.65. The Hall–Kier alpha value is -1.11. The zero-order valence-corrected chi connectivity index (χ0v) is 13.3. The molecule has 0 bridgehead atoms. The summed E-state index contributed by atoms with van der Waals surface area (Å²) in [5.41, 5.74) is 0.572. The summed E-state index contributed by atoms with van der Waals surface area (Å²) in [5, 5.41) is 9.13. The Balaban J connectivity index is 2.20. The first-order valence-corrected chi connectivity index (χ1v) is 8.74. The minimum Gasteiger partial charge on any atom is -0.497 e. The lowest BCUT2D eigenvalue weighted by Gasteiger charge is -2.16. The monoisotopic (exact) mass is 313 g/mol. The lowest BCUT2D eigenvalue weighted by molar-refractivity contribution is 0.298. The van der Waals surface area contributed by atoms with Gasteiger partial charge in [0.2, 0.25) is 10.0 Å². The molecule has 6 heteroatoms. The molecule has 0 aromatic heterocycles. The molecule has 0 aliphatic heterocycles. The fourth-order valence-corrected chi connectivity index (χ4v) is 4.00. The second-order valence-corrected chi connectivity index (χ2v) is 7.33. The van der Waals surface area contributed by atoms with Crippen molar-refractivity contribution in [1.82, 2.24) is 4.72 Å². The summed E-state index contributed by atoms with van der Waals surface area (Å²) >= 11 is 0. The Morgan fingerprint density at radius 3 is 2.71 bits per heavy atom. The highest BCUT2D eigenvalue weighted by atomic mass is 32.2. The molecule has 1 aliphatic rings. The molecule has 0 amide bonds. The van der Waals surface area contributed by atoms with Gasteiger partial charge in [0.05, 0.1) is 12.0 Å². The first-order valence-electron chi connectivity index (χ1n) is 7.26. The fraction of sp³-hybridized carbons (Fsp3) is 0.600. The van der Waals surface area contributed by atoms with E-state index in [9.17, 15) is 8.42 Å². The van der Waals surface area contributed by atoms with E-state index in [4.69, 9.17) is 9.84 Å². The maximum absolute atomic E-state index is 12.5. The first kappa shape index (κ1) is 16.3. The van der Waals surface area contributed by atoms with Crippen molar-refractivity contribution in [1.29, 1.82) is 0 Å². The third-order valence-corrected chi connectivity index (χ3v) is 5.37. The number of methoxy groups -OCH3 is 1. The number of ether oxygens (including phenoxy) is 1. The Morgan fingerprint density at radius 2 is 2.14 bits per heavy atom. The average molecular weight is 313 g/mol. The van der Waals surface area contributed by atoms with Gasteiger partial charge in [-0.1, -0.05) is 12.8 Å². The van der Waals surface area contributed by atoms with E-state index in [1.54, 1.807) is 12.1 Å². The predicted octanol–water partition coefficient (Wildman–Crippen LogP) is 1.70. The number of aliphatic hydroxyl groups is 1. The van der Waals surface area contributed by atoms with Crippen LogP contribution in [0.1, 0.15) is 31.7 Å². The SMILES string of the molecule is COc1ccc(S(=O)(=O)NC(C)CC2CC2)c(CCO)c1. The summed E-state index contributed by atoms with van der Waals surface area (Å²) in [5.74, 6) is 1.25. The van der Waals surface area contributed by atoms with Gasteiger partial charge in [0.25, 0.3) is 0 Å². The van der Waals surface area contributed by atoms with Crippen LogP contribution in [-0.4, -0.2) is 33.3 Å². The lowest BCUT2D eigenvalue weighted by Crippen LogP contribution is -2.33. The number of sulfonamides is 1. The zero-order valence-electron chi connectivity index (χ0n) is 12.5.